The highest BCUT2D eigenvalue weighted by Crippen LogP contribution is 2.21. The molecule has 0 atom stereocenters. The fourth-order valence-corrected chi connectivity index (χ4v) is 1.48. The van der Waals surface area contributed by atoms with E-state index in [1.54, 1.807) is 6.07 Å². The largest absolute Gasteiger partial charge is 0.491 e. The molecule has 0 spiro atoms. The summed E-state index contributed by atoms with van der Waals surface area (Å²) in [6.45, 7) is 2.71. The van der Waals surface area contributed by atoms with Crippen molar-refractivity contribution >= 4 is 10.9 Å². The number of pyridine rings is 1. The highest BCUT2D eigenvalue weighted by atomic mass is 16.5. The quantitative estimate of drug-likeness (QED) is 0.831. The molecule has 0 saturated heterocycles. The molecule has 2 aromatic rings. The summed E-state index contributed by atoms with van der Waals surface area (Å²) in [6.07, 6.45) is 0.952. The van der Waals surface area contributed by atoms with Gasteiger partial charge < -0.3 is 9.72 Å². The van der Waals surface area contributed by atoms with Crippen LogP contribution < -0.4 is 10.3 Å². The third kappa shape index (κ3) is 2.01. The average molecular weight is 203 g/mol. The summed E-state index contributed by atoms with van der Waals surface area (Å²) in [5, 5.41) is 0.989. The molecule has 0 aliphatic carbocycles. The molecular formula is C12H13NO2. The van der Waals surface area contributed by atoms with Gasteiger partial charge >= 0.3 is 0 Å². The summed E-state index contributed by atoms with van der Waals surface area (Å²) in [4.78, 5) is 14.0. The van der Waals surface area contributed by atoms with Crippen molar-refractivity contribution in [1.29, 1.82) is 0 Å². The Morgan fingerprint density at radius 3 is 2.93 bits per heavy atom. The molecule has 0 bridgehead atoms. The molecule has 2 rings (SSSR count). The van der Waals surface area contributed by atoms with Gasteiger partial charge in [-0.25, -0.2) is 0 Å². The summed E-state index contributed by atoms with van der Waals surface area (Å²) >= 11 is 0. The Bertz CT molecular complexity index is 516. The molecule has 0 unspecified atom stereocenters. The lowest BCUT2D eigenvalue weighted by atomic mass is 10.2. The first-order valence-electron chi connectivity index (χ1n) is 5.06. The lowest BCUT2D eigenvalue weighted by molar-refractivity contribution is 0.320. The number of para-hydroxylation sites is 1. The molecule has 1 N–H and O–H groups in total. The first-order valence-corrected chi connectivity index (χ1v) is 5.06. The Kier molecular flexibility index (Phi) is 2.72. The number of ether oxygens (including phenoxy) is 1. The van der Waals surface area contributed by atoms with Gasteiger partial charge in [0.15, 0.2) is 0 Å². The van der Waals surface area contributed by atoms with Gasteiger partial charge in [0, 0.05) is 11.5 Å². The minimum Gasteiger partial charge on any atom is -0.491 e. The molecule has 0 aliphatic heterocycles. The van der Waals surface area contributed by atoms with Gasteiger partial charge in [0.25, 0.3) is 0 Å². The number of rotatable bonds is 3. The van der Waals surface area contributed by atoms with Gasteiger partial charge in [0.1, 0.15) is 5.75 Å². The molecule has 0 radical (unpaired) electrons. The van der Waals surface area contributed by atoms with Gasteiger partial charge in [0.05, 0.1) is 12.1 Å². The van der Waals surface area contributed by atoms with Crippen LogP contribution in [0.3, 0.4) is 0 Å². The number of nitrogens with one attached hydrogen (secondary N) is 1. The van der Waals surface area contributed by atoms with Crippen LogP contribution in [0.25, 0.3) is 10.9 Å². The van der Waals surface area contributed by atoms with Crippen LogP contribution in [-0.4, -0.2) is 11.6 Å². The van der Waals surface area contributed by atoms with E-state index in [0.29, 0.717) is 6.61 Å². The summed E-state index contributed by atoms with van der Waals surface area (Å²) in [5.74, 6) is 0.743. The number of hydrogen-bond acceptors (Lipinski definition) is 2. The van der Waals surface area contributed by atoms with Gasteiger partial charge in [-0.05, 0) is 18.6 Å². The van der Waals surface area contributed by atoms with E-state index in [9.17, 15) is 4.79 Å². The molecule has 0 saturated carbocycles. The van der Waals surface area contributed by atoms with Gasteiger partial charge in [-0.3, -0.25) is 4.79 Å². The molecule has 0 amide bonds. The summed E-state index contributed by atoms with van der Waals surface area (Å²) in [5.41, 5.74) is 0.675. The minimum atomic E-state index is -0.102. The van der Waals surface area contributed by atoms with Crippen molar-refractivity contribution in [1.82, 2.24) is 4.98 Å². The Hall–Kier alpha value is -1.77. The van der Waals surface area contributed by atoms with Crippen molar-refractivity contribution in [3.8, 4) is 5.75 Å². The van der Waals surface area contributed by atoms with Crippen LogP contribution in [0.4, 0.5) is 0 Å². The maximum absolute atomic E-state index is 11.2. The SMILES string of the molecule is CCCOc1cccc2ccc(=O)[nH]c12. The topological polar surface area (TPSA) is 42.1 Å². The normalized spacial score (nSPS) is 10.5. The Morgan fingerprint density at radius 1 is 1.27 bits per heavy atom. The maximum atomic E-state index is 11.2. The second-order valence-electron chi connectivity index (χ2n) is 3.39. The van der Waals surface area contributed by atoms with Crippen LogP contribution in [-0.2, 0) is 0 Å². The van der Waals surface area contributed by atoms with E-state index in [0.717, 1.165) is 23.1 Å². The molecule has 78 valence electrons. The summed E-state index contributed by atoms with van der Waals surface area (Å²) in [6, 6.07) is 9.06. The number of aromatic amines is 1. The van der Waals surface area contributed by atoms with Gasteiger partial charge in [0.2, 0.25) is 5.56 Å². The van der Waals surface area contributed by atoms with Crippen molar-refractivity contribution in [2.24, 2.45) is 0 Å². The maximum Gasteiger partial charge on any atom is 0.248 e. The smallest absolute Gasteiger partial charge is 0.248 e. The van der Waals surface area contributed by atoms with Gasteiger partial charge in [-0.2, -0.15) is 0 Å². The highest BCUT2D eigenvalue weighted by Gasteiger charge is 2.01. The standard InChI is InChI=1S/C12H13NO2/c1-2-8-15-10-5-3-4-9-6-7-11(14)13-12(9)10/h3-7H,2,8H2,1H3,(H,13,14). The number of hydrogen-bond donors (Lipinski definition) is 1. The Morgan fingerprint density at radius 2 is 2.13 bits per heavy atom. The fraction of sp³-hybridized carbons (Fsp3) is 0.250. The number of fused-ring (bicyclic) bond motifs is 1. The second kappa shape index (κ2) is 4.17. The van der Waals surface area contributed by atoms with Crippen LogP contribution in [0.2, 0.25) is 0 Å². The predicted molar refractivity (Wildman–Crippen MR) is 60.4 cm³/mol. The zero-order valence-electron chi connectivity index (χ0n) is 8.62. The van der Waals surface area contributed by atoms with E-state index in [-0.39, 0.29) is 5.56 Å². The molecule has 1 heterocycles. The van der Waals surface area contributed by atoms with Crippen LogP contribution in [0.15, 0.2) is 35.1 Å². The fourth-order valence-electron chi connectivity index (χ4n) is 1.48. The molecule has 3 heteroatoms. The zero-order valence-corrected chi connectivity index (χ0v) is 8.62. The Labute approximate surface area is 87.7 Å². The lowest BCUT2D eigenvalue weighted by Crippen LogP contribution is -2.04. The highest BCUT2D eigenvalue weighted by molar-refractivity contribution is 5.84. The molecule has 1 aromatic carbocycles. The van der Waals surface area contributed by atoms with Crippen molar-refractivity contribution < 1.29 is 4.74 Å². The Balaban J connectivity index is 2.53. The van der Waals surface area contributed by atoms with Gasteiger partial charge in [-0.1, -0.05) is 19.1 Å². The van der Waals surface area contributed by atoms with E-state index in [1.807, 2.05) is 25.1 Å². The van der Waals surface area contributed by atoms with Crippen molar-refractivity contribution in [3.63, 3.8) is 0 Å². The third-order valence-corrected chi connectivity index (χ3v) is 2.18. The first kappa shape index (κ1) is 9.77. The van der Waals surface area contributed by atoms with Crippen molar-refractivity contribution in [2.45, 2.75) is 13.3 Å². The summed E-state index contributed by atoms with van der Waals surface area (Å²) < 4.78 is 5.55. The van der Waals surface area contributed by atoms with Crippen LogP contribution >= 0.6 is 0 Å². The van der Waals surface area contributed by atoms with E-state index in [1.165, 1.54) is 6.07 Å². The number of aromatic nitrogens is 1. The predicted octanol–water partition coefficient (Wildman–Crippen LogP) is 2.32. The van der Waals surface area contributed by atoms with Crippen LogP contribution in [0, 0.1) is 0 Å². The van der Waals surface area contributed by atoms with E-state index in [2.05, 4.69) is 4.98 Å². The van der Waals surface area contributed by atoms with E-state index >= 15 is 0 Å². The molecule has 3 nitrogen and oxygen atoms in total. The monoisotopic (exact) mass is 203 g/mol. The van der Waals surface area contributed by atoms with Gasteiger partial charge in [-0.15, -0.1) is 0 Å². The van der Waals surface area contributed by atoms with E-state index in [4.69, 9.17) is 4.74 Å². The zero-order chi connectivity index (χ0) is 10.7. The van der Waals surface area contributed by atoms with Crippen molar-refractivity contribution in [3.05, 3.63) is 40.7 Å². The van der Waals surface area contributed by atoms with Crippen molar-refractivity contribution in [2.75, 3.05) is 6.61 Å². The lowest BCUT2D eigenvalue weighted by Gasteiger charge is -2.07. The van der Waals surface area contributed by atoms with E-state index < -0.39 is 0 Å². The van der Waals surface area contributed by atoms with Crippen LogP contribution in [0.1, 0.15) is 13.3 Å². The molecular weight excluding hydrogens is 190 g/mol. The second-order valence-corrected chi connectivity index (χ2v) is 3.39. The minimum absolute atomic E-state index is 0.102. The summed E-state index contributed by atoms with van der Waals surface area (Å²) in [7, 11) is 0. The molecule has 0 fully saturated rings. The molecule has 0 aliphatic rings. The third-order valence-electron chi connectivity index (χ3n) is 2.18. The number of benzene rings is 1. The average Bonchev–Trinajstić information content (AvgIpc) is 2.26. The molecule has 15 heavy (non-hydrogen) atoms. The first-order chi connectivity index (χ1) is 7.31. The molecule has 1 aromatic heterocycles. The van der Waals surface area contributed by atoms with Crippen LogP contribution in [0.5, 0.6) is 5.75 Å². The number of H-pyrrole nitrogens is 1.